The molecule has 0 bridgehead atoms. The lowest BCUT2D eigenvalue weighted by molar-refractivity contribution is -0.132. The molecule has 3 aliphatic heterocycles. The Morgan fingerprint density at radius 1 is 0.783 bits per heavy atom. The monoisotopic (exact) mass is 632 g/mol. The molecule has 0 aromatic heterocycles. The third-order valence-corrected chi connectivity index (χ3v) is 8.81. The van der Waals surface area contributed by atoms with Crippen molar-refractivity contribution in [2.45, 2.75) is 79.3 Å². The molecule has 2 aromatic rings. The summed E-state index contributed by atoms with van der Waals surface area (Å²) in [7, 11) is 0. The van der Waals surface area contributed by atoms with Gasteiger partial charge >= 0.3 is 0 Å². The molecule has 46 heavy (non-hydrogen) atoms. The van der Waals surface area contributed by atoms with Crippen LogP contribution >= 0.6 is 0 Å². The van der Waals surface area contributed by atoms with Gasteiger partial charge in [-0.15, -0.1) is 0 Å². The first-order chi connectivity index (χ1) is 20.9. The molecular weight excluding hydrogens is 584 g/mol. The Morgan fingerprint density at radius 2 is 1.30 bits per heavy atom. The number of carbonyl (C=O) groups excluding carboxylic acids is 6. The van der Waals surface area contributed by atoms with Crippen molar-refractivity contribution in [1.82, 2.24) is 9.80 Å². The van der Waals surface area contributed by atoms with Gasteiger partial charge in [-0.05, 0) is 62.9 Å². The zero-order chi connectivity index (χ0) is 32.1. The molecule has 1 N–H and O–H groups in total. The Hall–Kier alpha value is -4.60. The average Bonchev–Trinajstić information content (AvgIpc) is 3.14. The molecule has 0 unspecified atom stereocenters. The van der Waals surface area contributed by atoms with Gasteiger partial charge in [0.25, 0.3) is 0 Å². The summed E-state index contributed by atoms with van der Waals surface area (Å²) in [4.78, 5) is 76.3. The Bertz CT molecular complexity index is 1480. The van der Waals surface area contributed by atoms with Crippen LogP contribution in [-0.2, 0) is 19.2 Å². The van der Waals surface area contributed by atoms with Gasteiger partial charge in [0.1, 0.15) is 11.8 Å². The molecule has 0 aliphatic carbocycles. The Balaban J connectivity index is 0.000000311. The van der Waals surface area contributed by atoms with Crippen molar-refractivity contribution in [3.8, 4) is 0 Å². The molecule has 2 aromatic carbocycles. The first-order valence-corrected chi connectivity index (χ1v) is 14.9. The molecule has 3 amide bonds. The Labute approximate surface area is 272 Å². The van der Waals surface area contributed by atoms with E-state index in [9.17, 15) is 28.8 Å². The molecule has 5 rings (SSSR count). The SMILES string of the molecule is C.C.CC(=O)N1CCC2(C=CC(=O)c3ccccc3N2)CC1.CC(=O)c1ccccc1N(C(C)=O)C1(C=O)CCN(C(C)=O)CC1. The number of para-hydroxylation sites is 2. The highest BCUT2D eigenvalue weighted by Gasteiger charge is 2.43. The number of nitrogens with zero attached hydrogens (tertiary/aromatic N) is 3. The number of aldehydes is 1. The predicted octanol–water partition coefficient (Wildman–Crippen LogP) is 5.33. The van der Waals surface area contributed by atoms with Gasteiger partial charge in [0.2, 0.25) is 17.7 Å². The number of fused-ring (bicyclic) bond motifs is 1. The lowest BCUT2D eigenvalue weighted by Crippen LogP contribution is -2.59. The zero-order valence-corrected chi connectivity index (χ0v) is 25.8. The fourth-order valence-corrected chi connectivity index (χ4v) is 6.25. The van der Waals surface area contributed by atoms with Crippen LogP contribution in [0.4, 0.5) is 11.4 Å². The number of piperidine rings is 2. The van der Waals surface area contributed by atoms with Gasteiger partial charge in [-0.3, -0.25) is 28.9 Å². The van der Waals surface area contributed by atoms with Crippen LogP contribution in [0.3, 0.4) is 0 Å². The second-order valence-electron chi connectivity index (χ2n) is 11.7. The van der Waals surface area contributed by atoms with Crippen LogP contribution in [0.1, 0.15) is 88.9 Å². The van der Waals surface area contributed by atoms with E-state index in [0.29, 0.717) is 37.2 Å². The van der Waals surface area contributed by atoms with Gasteiger partial charge in [0.05, 0.1) is 11.2 Å². The number of anilines is 2. The van der Waals surface area contributed by atoms with Gasteiger partial charge in [-0.2, -0.15) is 0 Å². The number of allylic oxidation sites excluding steroid dienone is 1. The third kappa shape index (κ3) is 7.97. The second kappa shape index (κ2) is 15.6. The smallest absolute Gasteiger partial charge is 0.224 e. The van der Waals surface area contributed by atoms with Crippen molar-refractivity contribution in [1.29, 1.82) is 0 Å². The fraction of sp³-hybridized carbons (Fsp3) is 0.444. The Morgan fingerprint density at radius 3 is 1.83 bits per heavy atom. The molecule has 2 fully saturated rings. The van der Waals surface area contributed by atoms with Crippen molar-refractivity contribution in [2.75, 3.05) is 36.4 Å². The first-order valence-electron chi connectivity index (χ1n) is 14.9. The number of rotatable bonds is 4. The van der Waals surface area contributed by atoms with E-state index >= 15 is 0 Å². The van der Waals surface area contributed by atoms with Crippen LogP contribution in [0.5, 0.6) is 0 Å². The van der Waals surface area contributed by atoms with E-state index in [1.807, 2.05) is 35.2 Å². The number of nitrogens with one attached hydrogen (secondary N) is 1. The molecule has 2 saturated heterocycles. The molecule has 0 radical (unpaired) electrons. The topological polar surface area (TPSA) is 124 Å². The highest BCUT2D eigenvalue weighted by atomic mass is 16.2. The highest BCUT2D eigenvalue weighted by molar-refractivity contribution is 6.09. The summed E-state index contributed by atoms with van der Waals surface area (Å²) < 4.78 is 0. The van der Waals surface area contributed by atoms with Gasteiger partial charge in [0.15, 0.2) is 11.6 Å². The van der Waals surface area contributed by atoms with Crippen LogP contribution < -0.4 is 10.2 Å². The van der Waals surface area contributed by atoms with Crippen LogP contribution in [0, 0.1) is 0 Å². The number of carbonyl (C=O) groups is 6. The van der Waals surface area contributed by atoms with Crippen molar-refractivity contribution in [3.05, 3.63) is 71.8 Å². The van der Waals surface area contributed by atoms with E-state index in [4.69, 9.17) is 0 Å². The standard InChI is InChI=1S/C18H22N2O4.C16H18N2O2.2CH4/c1-13(22)16-6-4-5-7-17(16)20(15(3)24)18(12-21)8-10-19(11-9-18)14(2)23;1-12(19)18-10-8-16(9-11-18)7-6-15(20)13-4-2-3-5-14(13)17-16;;/h4-7,12H,8-11H2,1-3H3;2-7,17H,8-11H2,1H3;2*1H4. The highest BCUT2D eigenvalue weighted by Crippen LogP contribution is 2.35. The first kappa shape index (κ1) is 37.6. The van der Waals surface area contributed by atoms with E-state index < -0.39 is 5.54 Å². The largest absolute Gasteiger partial charge is 0.375 e. The summed E-state index contributed by atoms with van der Waals surface area (Å²) >= 11 is 0. The molecule has 248 valence electrons. The van der Waals surface area contributed by atoms with E-state index in [1.165, 1.54) is 25.7 Å². The summed E-state index contributed by atoms with van der Waals surface area (Å²) in [6.45, 7) is 8.17. The molecule has 1 spiro atoms. The third-order valence-electron chi connectivity index (χ3n) is 8.81. The summed E-state index contributed by atoms with van der Waals surface area (Å²) in [5.74, 6) is -0.355. The molecule has 0 saturated carbocycles. The van der Waals surface area contributed by atoms with E-state index in [0.717, 1.165) is 43.5 Å². The van der Waals surface area contributed by atoms with Crippen molar-refractivity contribution in [3.63, 3.8) is 0 Å². The number of benzene rings is 2. The van der Waals surface area contributed by atoms with Crippen molar-refractivity contribution < 1.29 is 28.8 Å². The minimum absolute atomic E-state index is 0. The minimum atomic E-state index is -1.04. The summed E-state index contributed by atoms with van der Waals surface area (Å²) in [5, 5.41) is 3.52. The number of amides is 3. The maximum Gasteiger partial charge on any atom is 0.224 e. The predicted molar refractivity (Wildman–Crippen MR) is 181 cm³/mol. The number of hydrogen-bond acceptors (Lipinski definition) is 7. The van der Waals surface area contributed by atoms with E-state index in [2.05, 4.69) is 5.32 Å². The summed E-state index contributed by atoms with van der Waals surface area (Å²) in [6, 6.07) is 14.4. The maximum absolute atomic E-state index is 12.4. The molecule has 10 heteroatoms. The van der Waals surface area contributed by atoms with Gasteiger partial charge in [0, 0.05) is 63.8 Å². The summed E-state index contributed by atoms with van der Waals surface area (Å²) in [6.07, 6.45) is 6.77. The molecule has 10 nitrogen and oxygen atoms in total. The van der Waals surface area contributed by atoms with Crippen LogP contribution in [0.2, 0.25) is 0 Å². The molecule has 0 atom stereocenters. The molecule has 3 heterocycles. The zero-order valence-electron chi connectivity index (χ0n) is 25.8. The van der Waals surface area contributed by atoms with Gasteiger partial charge in [-0.25, -0.2) is 0 Å². The van der Waals surface area contributed by atoms with E-state index in [-0.39, 0.29) is 49.7 Å². The van der Waals surface area contributed by atoms with Crippen molar-refractivity contribution in [2.24, 2.45) is 0 Å². The van der Waals surface area contributed by atoms with E-state index in [1.54, 1.807) is 42.2 Å². The van der Waals surface area contributed by atoms with Crippen LogP contribution in [-0.4, -0.2) is 82.6 Å². The molecule has 3 aliphatic rings. The number of likely N-dealkylation sites (tertiary alicyclic amines) is 2. The minimum Gasteiger partial charge on any atom is -0.375 e. The van der Waals surface area contributed by atoms with Crippen LogP contribution in [0.15, 0.2) is 60.7 Å². The van der Waals surface area contributed by atoms with Gasteiger partial charge in [-0.1, -0.05) is 45.2 Å². The number of Topliss-reactive ketones (excluding diaryl/α,β-unsaturated/α-hetero) is 1. The average molecular weight is 633 g/mol. The fourth-order valence-electron chi connectivity index (χ4n) is 6.25. The maximum atomic E-state index is 12.4. The number of ketones is 2. The summed E-state index contributed by atoms with van der Waals surface area (Å²) in [5.41, 5.74) is 1.20. The van der Waals surface area contributed by atoms with Crippen molar-refractivity contribution >= 4 is 46.9 Å². The Kier molecular flexibility index (Phi) is 12.7. The quantitative estimate of drug-likeness (QED) is 0.357. The van der Waals surface area contributed by atoms with Crippen LogP contribution in [0.25, 0.3) is 0 Å². The molecular formula is C36H48N4O6. The normalized spacial score (nSPS) is 17.3. The lowest BCUT2D eigenvalue weighted by Gasteiger charge is -2.45. The second-order valence-corrected chi connectivity index (χ2v) is 11.7. The van der Waals surface area contributed by atoms with Gasteiger partial charge < -0.3 is 19.9 Å². The lowest BCUT2D eigenvalue weighted by atomic mass is 9.85. The number of hydrogen-bond donors (Lipinski definition) is 1.